The molecule has 0 aromatic carbocycles. The lowest BCUT2D eigenvalue weighted by molar-refractivity contribution is 0.0788. The van der Waals surface area contributed by atoms with E-state index < -0.39 is 0 Å². The number of rotatable bonds is 3. The number of hydrogen-bond acceptors (Lipinski definition) is 5. The van der Waals surface area contributed by atoms with Crippen LogP contribution in [-0.4, -0.2) is 43.8 Å². The van der Waals surface area contributed by atoms with Crippen LogP contribution in [0.2, 0.25) is 5.15 Å². The van der Waals surface area contributed by atoms with E-state index in [-0.39, 0.29) is 17.7 Å². The maximum absolute atomic E-state index is 12.9. The third-order valence-corrected chi connectivity index (χ3v) is 4.57. The molecule has 8 heteroatoms. The SMILES string of the molecule is Cc1noc([C@@H]2CCN(C(=O)c3c(C(C)C)nn(C)c3Cl)C2)n1. The van der Waals surface area contributed by atoms with E-state index in [1.165, 1.54) is 0 Å². The predicted octanol–water partition coefficient (Wildman–Crippen LogP) is 2.52. The highest BCUT2D eigenvalue weighted by atomic mass is 35.5. The standard InChI is InChI=1S/C15H20ClN5O2/c1-8(2)12-11(13(16)20(4)18-12)15(22)21-6-5-10(7-21)14-17-9(3)19-23-14/h8,10H,5-7H2,1-4H3/t10-/m1/s1. The molecule has 2 aromatic rings. The first-order chi connectivity index (χ1) is 10.9. The summed E-state index contributed by atoms with van der Waals surface area (Å²) in [5.41, 5.74) is 1.24. The molecule has 0 bridgehead atoms. The summed E-state index contributed by atoms with van der Waals surface area (Å²) in [6, 6.07) is 0. The molecule has 1 fully saturated rings. The Bertz CT molecular complexity index is 736. The number of aryl methyl sites for hydroxylation is 2. The zero-order chi connectivity index (χ0) is 16.7. The Morgan fingerprint density at radius 3 is 2.78 bits per heavy atom. The van der Waals surface area contributed by atoms with Gasteiger partial charge in [0.25, 0.3) is 5.91 Å². The number of amides is 1. The number of hydrogen-bond donors (Lipinski definition) is 0. The van der Waals surface area contributed by atoms with Crippen LogP contribution in [-0.2, 0) is 7.05 Å². The highest BCUT2D eigenvalue weighted by Gasteiger charge is 2.34. The molecule has 0 spiro atoms. The van der Waals surface area contributed by atoms with Crippen LogP contribution in [0.5, 0.6) is 0 Å². The second kappa shape index (κ2) is 5.96. The molecule has 3 heterocycles. The Balaban J connectivity index is 1.82. The van der Waals surface area contributed by atoms with Crippen molar-refractivity contribution in [2.75, 3.05) is 13.1 Å². The summed E-state index contributed by atoms with van der Waals surface area (Å²) < 4.78 is 6.78. The summed E-state index contributed by atoms with van der Waals surface area (Å²) in [4.78, 5) is 19.0. The van der Waals surface area contributed by atoms with Crippen LogP contribution in [0.15, 0.2) is 4.52 Å². The summed E-state index contributed by atoms with van der Waals surface area (Å²) in [5.74, 6) is 1.34. The molecular weight excluding hydrogens is 318 g/mol. The van der Waals surface area contributed by atoms with Crippen LogP contribution < -0.4 is 0 Å². The molecule has 1 aliphatic heterocycles. The van der Waals surface area contributed by atoms with Crippen molar-refractivity contribution in [2.45, 2.75) is 39.0 Å². The lowest BCUT2D eigenvalue weighted by Gasteiger charge is -2.16. The molecule has 7 nitrogen and oxygen atoms in total. The van der Waals surface area contributed by atoms with Crippen molar-refractivity contribution in [1.82, 2.24) is 24.8 Å². The number of nitrogens with zero attached hydrogens (tertiary/aromatic N) is 5. The monoisotopic (exact) mass is 337 g/mol. The van der Waals surface area contributed by atoms with Crippen LogP contribution in [0.3, 0.4) is 0 Å². The number of carbonyl (C=O) groups excluding carboxylic acids is 1. The molecule has 0 N–H and O–H groups in total. The molecule has 0 aliphatic carbocycles. The fourth-order valence-electron chi connectivity index (χ4n) is 2.91. The minimum atomic E-state index is -0.0782. The summed E-state index contributed by atoms with van der Waals surface area (Å²) in [6.45, 7) is 7.00. The van der Waals surface area contributed by atoms with Crippen molar-refractivity contribution in [1.29, 1.82) is 0 Å². The Labute approximate surface area is 139 Å². The molecular formula is C15H20ClN5O2. The Kier molecular flexibility index (Phi) is 4.14. The van der Waals surface area contributed by atoms with Gasteiger partial charge in [0.1, 0.15) is 5.15 Å². The molecule has 1 atom stereocenters. The minimum absolute atomic E-state index is 0.0782. The molecule has 1 amide bonds. The highest BCUT2D eigenvalue weighted by Crippen LogP contribution is 2.31. The second-order valence-electron chi connectivity index (χ2n) is 6.25. The van der Waals surface area contributed by atoms with Crippen LogP contribution in [0.25, 0.3) is 0 Å². The minimum Gasteiger partial charge on any atom is -0.339 e. The molecule has 2 aromatic heterocycles. The summed E-state index contributed by atoms with van der Waals surface area (Å²) in [6.07, 6.45) is 0.808. The van der Waals surface area contributed by atoms with E-state index in [0.29, 0.717) is 35.5 Å². The average molecular weight is 338 g/mol. The topological polar surface area (TPSA) is 77.0 Å². The van der Waals surface area contributed by atoms with Gasteiger partial charge in [-0.3, -0.25) is 9.48 Å². The normalized spacial score (nSPS) is 18.2. The first-order valence-corrected chi connectivity index (χ1v) is 8.08. The van der Waals surface area contributed by atoms with E-state index in [9.17, 15) is 4.79 Å². The van der Waals surface area contributed by atoms with Gasteiger partial charge in [0.15, 0.2) is 5.82 Å². The second-order valence-corrected chi connectivity index (χ2v) is 6.60. The number of aromatic nitrogens is 4. The first kappa shape index (κ1) is 16.0. The molecule has 0 saturated carbocycles. The fourth-order valence-corrected chi connectivity index (χ4v) is 3.12. The van der Waals surface area contributed by atoms with Crippen LogP contribution in [0, 0.1) is 6.92 Å². The number of halogens is 1. The average Bonchev–Trinajstić information content (AvgIpc) is 3.19. The maximum atomic E-state index is 12.9. The third-order valence-electron chi connectivity index (χ3n) is 4.13. The van der Waals surface area contributed by atoms with Crippen molar-refractivity contribution in [2.24, 2.45) is 7.05 Å². The van der Waals surface area contributed by atoms with Gasteiger partial charge in [-0.25, -0.2) is 0 Å². The Morgan fingerprint density at radius 2 is 2.17 bits per heavy atom. The van der Waals surface area contributed by atoms with Gasteiger partial charge in [-0.15, -0.1) is 0 Å². The fraction of sp³-hybridized carbons (Fsp3) is 0.600. The van der Waals surface area contributed by atoms with Crippen molar-refractivity contribution < 1.29 is 9.32 Å². The van der Waals surface area contributed by atoms with Crippen molar-refractivity contribution in [3.63, 3.8) is 0 Å². The van der Waals surface area contributed by atoms with E-state index in [1.54, 1.807) is 23.6 Å². The Morgan fingerprint density at radius 1 is 1.43 bits per heavy atom. The van der Waals surface area contributed by atoms with Crippen molar-refractivity contribution >= 4 is 17.5 Å². The zero-order valence-corrected chi connectivity index (χ0v) is 14.5. The van der Waals surface area contributed by atoms with Gasteiger partial charge in [-0.2, -0.15) is 10.1 Å². The summed E-state index contributed by atoms with van der Waals surface area (Å²) >= 11 is 6.30. The lowest BCUT2D eigenvalue weighted by atomic mass is 10.1. The zero-order valence-electron chi connectivity index (χ0n) is 13.7. The smallest absolute Gasteiger partial charge is 0.258 e. The summed E-state index contributed by atoms with van der Waals surface area (Å²) in [7, 11) is 1.75. The van der Waals surface area contributed by atoms with Crippen LogP contribution in [0.4, 0.5) is 0 Å². The molecule has 3 rings (SSSR count). The van der Waals surface area contributed by atoms with E-state index in [0.717, 1.165) is 12.1 Å². The molecule has 23 heavy (non-hydrogen) atoms. The summed E-state index contributed by atoms with van der Waals surface area (Å²) in [5, 5.41) is 8.58. The van der Waals surface area contributed by atoms with E-state index >= 15 is 0 Å². The number of carbonyl (C=O) groups is 1. The largest absolute Gasteiger partial charge is 0.339 e. The van der Waals surface area contributed by atoms with Gasteiger partial charge in [0, 0.05) is 20.1 Å². The molecule has 1 saturated heterocycles. The molecule has 124 valence electrons. The highest BCUT2D eigenvalue weighted by molar-refractivity contribution is 6.33. The van der Waals surface area contributed by atoms with Gasteiger partial charge in [0.05, 0.1) is 17.2 Å². The van der Waals surface area contributed by atoms with Crippen LogP contribution >= 0.6 is 11.6 Å². The van der Waals surface area contributed by atoms with Crippen molar-refractivity contribution in [3.8, 4) is 0 Å². The predicted molar refractivity (Wildman–Crippen MR) is 84.6 cm³/mol. The third kappa shape index (κ3) is 2.85. The molecule has 0 radical (unpaired) electrons. The maximum Gasteiger partial charge on any atom is 0.258 e. The van der Waals surface area contributed by atoms with E-state index in [2.05, 4.69) is 15.2 Å². The molecule has 0 unspecified atom stereocenters. The number of likely N-dealkylation sites (tertiary alicyclic amines) is 1. The van der Waals surface area contributed by atoms with Gasteiger partial charge in [-0.1, -0.05) is 30.6 Å². The molecule has 1 aliphatic rings. The van der Waals surface area contributed by atoms with E-state index in [4.69, 9.17) is 16.1 Å². The van der Waals surface area contributed by atoms with Crippen LogP contribution in [0.1, 0.15) is 59.9 Å². The van der Waals surface area contributed by atoms with Crippen molar-refractivity contribution in [3.05, 3.63) is 28.1 Å². The van der Waals surface area contributed by atoms with Gasteiger partial charge in [-0.05, 0) is 19.3 Å². The van der Waals surface area contributed by atoms with E-state index in [1.807, 2.05) is 13.8 Å². The van der Waals surface area contributed by atoms with Gasteiger partial charge in [0.2, 0.25) is 5.89 Å². The van der Waals surface area contributed by atoms with Gasteiger partial charge >= 0.3 is 0 Å². The quantitative estimate of drug-likeness (QED) is 0.860. The first-order valence-electron chi connectivity index (χ1n) is 7.70. The Hall–Kier alpha value is -1.89. The van der Waals surface area contributed by atoms with Gasteiger partial charge < -0.3 is 9.42 Å². The lowest BCUT2D eigenvalue weighted by Crippen LogP contribution is -2.29.